The van der Waals surface area contributed by atoms with Gasteiger partial charge in [0.1, 0.15) is 11.6 Å². The maximum Gasteiger partial charge on any atom is 0.269 e. The molecular weight excluding hydrogens is 476 g/mol. The van der Waals surface area contributed by atoms with Crippen molar-refractivity contribution in [3.63, 3.8) is 0 Å². The van der Waals surface area contributed by atoms with Gasteiger partial charge in [-0.15, -0.1) is 0 Å². The number of carbonyl (C=O) groups is 1. The van der Waals surface area contributed by atoms with Crippen molar-refractivity contribution in [2.75, 3.05) is 37.3 Å². The number of anilines is 3. The first-order chi connectivity index (χ1) is 17.6. The van der Waals surface area contributed by atoms with Crippen molar-refractivity contribution in [2.45, 2.75) is 46.6 Å². The van der Waals surface area contributed by atoms with Crippen LogP contribution in [0.4, 0.5) is 17.3 Å². The van der Waals surface area contributed by atoms with E-state index in [0.717, 1.165) is 12.0 Å². The predicted octanol–water partition coefficient (Wildman–Crippen LogP) is 4.83. The molecule has 0 spiro atoms. The molecule has 1 amide bonds. The molecule has 11 heteroatoms. The number of fused-ring (bicyclic) bond motifs is 1. The molecule has 0 bridgehead atoms. The number of guanidine groups is 1. The molecule has 1 aliphatic heterocycles. The largest absolute Gasteiger partial charge is 0.493 e. The number of aliphatic imine (C=N–C) groups is 2. The quantitative estimate of drug-likeness (QED) is 0.340. The van der Waals surface area contributed by atoms with E-state index in [1.54, 1.807) is 72.6 Å². The number of methoxy groups -OCH3 is 3. The summed E-state index contributed by atoms with van der Waals surface area (Å²) < 4.78 is 22.1. The van der Waals surface area contributed by atoms with Gasteiger partial charge < -0.3 is 34.9 Å². The third kappa shape index (κ3) is 6.29. The first kappa shape index (κ1) is 27.3. The highest BCUT2D eigenvalue weighted by molar-refractivity contribution is 6.01. The zero-order valence-corrected chi connectivity index (χ0v) is 22.5. The third-order valence-electron chi connectivity index (χ3n) is 5.57. The van der Waals surface area contributed by atoms with Crippen molar-refractivity contribution in [3.05, 3.63) is 35.7 Å². The molecule has 2 aromatic rings. The van der Waals surface area contributed by atoms with Gasteiger partial charge in [0.25, 0.3) is 5.91 Å². The van der Waals surface area contributed by atoms with Crippen LogP contribution in [0.1, 0.15) is 41.0 Å². The van der Waals surface area contributed by atoms with Crippen LogP contribution < -0.4 is 34.9 Å². The van der Waals surface area contributed by atoms with Crippen molar-refractivity contribution < 1.29 is 23.7 Å². The van der Waals surface area contributed by atoms with E-state index in [4.69, 9.17) is 23.9 Å². The number of hydrogen-bond donors (Lipinski definition) is 3. The summed E-state index contributed by atoms with van der Waals surface area (Å²) in [5.41, 5.74) is 0.703. The molecule has 1 aliphatic rings. The van der Waals surface area contributed by atoms with Gasteiger partial charge in [0.05, 0.1) is 21.3 Å². The Labute approximate surface area is 217 Å². The lowest BCUT2D eigenvalue weighted by Gasteiger charge is -2.30. The highest BCUT2D eigenvalue weighted by Crippen LogP contribution is 2.40. The summed E-state index contributed by atoms with van der Waals surface area (Å²) in [7, 11) is 4.68. The molecule has 3 rings (SSSR count). The van der Waals surface area contributed by atoms with E-state index in [9.17, 15) is 4.79 Å². The fourth-order valence-electron chi connectivity index (χ4n) is 3.39. The second-order valence-electron chi connectivity index (χ2n) is 8.58. The molecule has 198 valence electrons. The third-order valence-corrected chi connectivity index (χ3v) is 5.57. The Morgan fingerprint density at radius 3 is 2.38 bits per heavy atom. The molecule has 0 saturated heterocycles. The number of nitrogens with zero attached hydrogens (tertiary/aromatic N) is 3. The van der Waals surface area contributed by atoms with Crippen LogP contribution in [-0.4, -0.2) is 50.0 Å². The molecule has 37 heavy (non-hydrogen) atoms. The summed E-state index contributed by atoms with van der Waals surface area (Å²) in [4.78, 5) is 25.9. The number of carbonyl (C=O) groups excluding carboxylic acids is 1. The number of pyridine rings is 1. The first-order valence-corrected chi connectivity index (χ1v) is 11.8. The molecule has 0 unspecified atom stereocenters. The SMILES string of the molecule is CC=NC(=N/C(Nc1cc(OC)c(OC)c(OC)c1)=C(\C)CC)Nc1ccc2c(n1)NC(=O)C(C)(C)O2. The van der Waals surface area contributed by atoms with Crippen LogP contribution in [0.15, 0.2) is 45.6 Å². The van der Waals surface area contributed by atoms with Gasteiger partial charge in [0.2, 0.25) is 11.7 Å². The molecule has 1 aromatic carbocycles. The van der Waals surface area contributed by atoms with Crippen LogP contribution in [0.2, 0.25) is 0 Å². The van der Waals surface area contributed by atoms with E-state index in [2.05, 4.69) is 25.9 Å². The first-order valence-electron chi connectivity index (χ1n) is 11.8. The Morgan fingerprint density at radius 2 is 1.81 bits per heavy atom. The molecule has 0 radical (unpaired) electrons. The number of amides is 1. The number of benzene rings is 1. The fourth-order valence-corrected chi connectivity index (χ4v) is 3.39. The number of ether oxygens (including phenoxy) is 4. The molecule has 2 heterocycles. The van der Waals surface area contributed by atoms with Crippen molar-refractivity contribution in [1.82, 2.24) is 4.98 Å². The van der Waals surface area contributed by atoms with E-state index >= 15 is 0 Å². The van der Waals surface area contributed by atoms with Gasteiger partial charge in [-0.25, -0.2) is 9.98 Å². The smallest absolute Gasteiger partial charge is 0.269 e. The van der Waals surface area contributed by atoms with Gasteiger partial charge in [-0.05, 0) is 51.8 Å². The average Bonchev–Trinajstić information content (AvgIpc) is 2.87. The molecule has 1 aromatic heterocycles. The lowest BCUT2D eigenvalue weighted by atomic mass is 10.1. The molecule has 0 aliphatic carbocycles. The lowest BCUT2D eigenvalue weighted by molar-refractivity contribution is -0.129. The monoisotopic (exact) mass is 510 g/mol. The van der Waals surface area contributed by atoms with E-state index in [0.29, 0.717) is 52.1 Å². The highest BCUT2D eigenvalue weighted by Gasteiger charge is 2.36. The van der Waals surface area contributed by atoms with Crippen molar-refractivity contribution in [2.24, 2.45) is 9.98 Å². The summed E-state index contributed by atoms with van der Waals surface area (Å²) in [6, 6.07) is 7.06. The Morgan fingerprint density at radius 1 is 1.14 bits per heavy atom. The van der Waals surface area contributed by atoms with Gasteiger partial charge in [-0.1, -0.05) is 6.92 Å². The lowest BCUT2D eigenvalue weighted by Crippen LogP contribution is -2.46. The van der Waals surface area contributed by atoms with Gasteiger partial charge >= 0.3 is 0 Å². The minimum absolute atomic E-state index is 0.275. The maximum atomic E-state index is 12.3. The van der Waals surface area contributed by atoms with Gasteiger partial charge in [0.15, 0.2) is 28.7 Å². The summed E-state index contributed by atoms with van der Waals surface area (Å²) in [5.74, 6) is 3.37. The van der Waals surface area contributed by atoms with Crippen molar-refractivity contribution >= 4 is 35.4 Å². The Hall–Kier alpha value is -4.28. The highest BCUT2D eigenvalue weighted by atomic mass is 16.5. The number of hydrogen-bond acceptors (Lipinski definition) is 8. The predicted molar refractivity (Wildman–Crippen MR) is 146 cm³/mol. The molecule has 0 atom stereocenters. The van der Waals surface area contributed by atoms with Crippen LogP contribution in [0, 0.1) is 0 Å². The van der Waals surface area contributed by atoms with Crippen molar-refractivity contribution in [1.29, 1.82) is 0 Å². The minimum Gasteiger partial charge on any atom is -0.493 e. The standard InChI is InChI=1S/C26H34N6O5/c1-9-15(3)22(28-16-13-18(34-6)21(36-8)19(14-16)35-7)32-25(27-10-2)30-20-12-11-17-23(29-20)31-24(33)26(4,5)37-17/h10-14,28H,9H2,1-8H3,(H2,29,30,31,32,33)/b22-15+,27-10?. The molecule has 0 saturated carbocycles. The van der Waals surface area contributed by atoms with Crippen LogP contribution >= 0.6 is 0 Å². The summed E-state index contributed by atoms with van der Waals surface area (Å²) in [5, 5.41) is 9.23. The van der Waals surface area contributed by atoms with Crippen LogP contribution in [0.5, 0.6) is 23.0 Å². The van der Waals surface area contributed by atoms with Crippen LogP contribution in [0.25, 0.3) is 0 Å². The van der Waals surface area contributed by atoms with Gasteiger partial charge in [-0.2, -0.15) is 4.99 Å². The topological polar surface area (TPSA) is 128 Å². The van der Waals surface area contributed by atoms with E-state index in [1.165, 1.54) is 0 Å². The number of nitrogens with one attached hydrogen (secondary N) is 3. The average molecular weight is 511 g/mol. The Bertz CT molecular complexity index is 1230. The Kier molecular flexibility index (Phi) is 8.59. The van der Waals surface area contributed by atoms with Gasteiger partial charge in [-0.3, -0.25) is 4.79 Å². The molecule has 3 N–H and O–H groups in total. The fraction of sp³-hybridized carbons (Fsp3) is 0.385. The minimum atomic E-state index is -0.974. The summed E-state index contributed by atoms with van der Waals surface area (Å²) in [6.45, 7) is 9.19. The maximum absolute atomic E-state index is 12.3. The van der Waals surface area contributed by atoms with Crippen LogP contribution in [-0.2, 0) is 4.79 Å². The van der Waals surface area contributed by atoms with E-state index in [-0.39, 0.29) is 5.91 Å². The Balaban J connectivity index is 1.95. The second-order valence-corrected chi connectivity index (χ2v) is 8.58. The number of allylic oxidation sites excluding steroid dienone is 1. The van der Waals surface area contributed by atoms with E-state index in [1.807, 2.05) is 13.8 Å². The number of aromatic nitrogens is 1. The molecule has 11 nitrogen and oxygen atoms in total. The van der Waals surface area contributed by atoms with Crippen LogP contribution in [0.3, 0.4) is 0 Å². The second kappa shape index (κ2) is 11.6. The molecular formula is C26H34N6O5. The van der Waals surface area contributed by atoms with E-state index < -0.39 is 5.60 Å². The summed E-state index contributed by atoms with van der Waals surface area (Å²) in [6.07, 6.45) is 2.37. The zero-order valence-electron chi connectivity index (χ0n) is 22.5. The normalized spacial score (nSPS) is 15.2. The zero-order chi connectivity index (χ0) is 27.2. The summed E-state index contributed by atoms with van der Waals surface area (Å²) >= 11 is 0. The van der Waals surface area contributed by atoms with Crippen molar-refractivity contribution in [3.8, 4) is 23.0 Å². The molecule has 0 fully saturated rings. The number of rotatable bonds is 8. The van der Waals surface area contributed by atoms with Gasteiger partial charge in [0, 0.05) is 24.0 Å².